The van der Waals surface area contributed by atoms with E-state index in [0.29, 0.717) is 37.4 Å². The van der Waals surface area contributed by atoms with E-state index in [-0.39, 0.29) is 18.3 Å². The minimum atomic E-state index is -0.969. The summed E-state index contributed by atoms with van der Waals surface area (Å²) in [7, 11) is 0. The van der Waals surface area contributed by atoms with E-state index in [1.807, 2.05) is 19.9 Å². The number of rotatable bonds is 3. The van der Waals surface area contributed by atoms with Crippen LogP contribution < -0.4 is 11.1 Å². The van der Waals surface area contributed by atoms with E-state index >= 15 is 0 Å². The maximum Gasteiger partial charge on any atom is 0.244 e. The average molecular weight is 369 g/mol. The van der Waals surface area contributed by atoms with E-state index in [0.717, 1.165) is 11.4 Å². The highest BCUT2D eigenvalue weighted by molar-refractivity contribution is 5.98. The summed E-state index contributed by atoms with van der Waals surface area (Å²) in [4.78, 5) is 12.4. The molecule has 1 aromatic heterocycles. The van der Waals surface area contributed by atoms with Crippen LogP contribution in [0.25, 0.3) is 5.69 Å². The van der Waals surface area contributed by atoms with Crippen LogP contribution in [-0.4, -0.2) is 34.4 Å². The maximum absolute atomic E-state index is 14.4. The lowest BCUT2D eigenvalue weighted by Gasteiger charge is -2.31. The largest absolute Gasteiger partial charge is 0.381 e. The minimum absolute atomic E-state index is 0. The van der Waals surface area contributed by atoms with Gasteiger partial charge in [0.15, 0.2) is 5.82 Å². The third kappa shape index (κ3) is 4.00. The number of carbonyl (C=O) groups is 1. The highest BCUT2D eigenvalue weighted by Gasteiger charge is 2.36. The molecule has 3 N–H and O–H groups in total. The number of ether oxygens (including phenoxy) is 1. The summed E-state index contributed by atoms with van der Waals surface area (Å²) in [5, 5.41) is 6.97. The summed E-state index contributed by atoms with van der Waals surface area (Å²) < 4.78 is 21.2. The quantitative estimate of drug-likeness (QED) is 0.872. The molecule has 0 unspecified atom stereocenters. The van der Waals surface area contributed by atoms with Gasteiger partial charge in [0.2, 0.25) is 5.91 Å². The van der Waals surface area contributed by atoms with E-state index in [1.54, 1.807) is 16.8 Å². The van der Waals surface area contributed by atoms with Crippen LogP contribution >= 0.6 is 12.4 Å². The van der Waals surface area contributed by atoms with Crippen molar-refractivity contribution in [3.63, 3.8) is 0 Å². The van der Waals surface area contributed by atoms with Crippen molar-refractivity contribution < 1.29 is 13.9 Å². The molecule has 25 heavy (non-hydrogen) atoms. The Balaban J connectivity index is 0.00000225. The zero-order valence-corrected chi connectivity index (χ0v) is 15.0. The first-order valence-electron chi connectivity index (χ1n) is 7.90. The number of hydrogen-bond donors (Lipinski definition) is 2. The molecule has 8 heteroatoms. The highest BCUT2D eigenvalue weighted by atomic mass is 35.5. The van der Waals surface area contributed by atoms with Crippen LogP contribution in [0.2, 0.25) is 0 Å². The Morgan fingerprint density at radius 3 is 2.56 bits per heavy atom. The predicted molar refractivity (Wildman–Crippen MR) is 95.8 cm³/mol. The number of hydrogen-bond acceptors (Lipinski definition) is 4. The molecule has 0 radical (unpaired) electrons. The number of halogens is 2. The van der Waals surface area contributed by atoms with Crippen molar-refractivity contribution in [3.05, 3.63) is 41.5 Å². The Labute approximate surface area is 151 Å². The second-order valence-electron chi connectivity index (χ2n) is 6.23. The molecule has 2 aromatic rings. The number of anilines is 1. The van der Waals surface area contributed by atoms with Crippen LogP contribution in [0.4, 0.5) is 10.1 Å². The second kappa shape index (κ2) is 7.51. The molecule has 1 fully saturated rings. The van der Waals surface area contributed by atoms with Gasteiger partial charge in [-0.1, -0.05) is 0 Å². The zero-order chi connectivity index (χ0) is 17.3. The molecule has 6 nitrogen and oxygen atoms in total. The van der Waals surface area contributed by atoms with E-state index < -0.39 is 11.4 Å². The first kappa shape index (κ1) is 19.4. The molecule has 0 bridgehead atoms. The third-order valence-electron chi connectivity index (χ3n) is 4.28. The molecule has 3 rings (SSSR count). The van der Waals surface area contributed by atoms with Crippen molar-refractivity contribution in [2.45, 2.75) is 32.2 Å². The van der Waals surface area contributed by atoms with E-state index in [1.165, 1.54) is 6.07 Å². The molecule has 0 spiro atoms. The van der Waals surface area contributed by atoms with Crippen molar-refractivity contribution in [2.75, 3.05) is 18.5 Å². The summed E-state index contributed by atoms with van der Waals surface area (Å²) in [6, 6.07) is 6.40. The number of nitrogens with zero attached hydrogens (tertiary/aromatic N) is 2. The fourth-order valence-corrected chi connectivity index (χ4v) is 2.85. The van der Waals surface area contributed by atoms with E-state index in [4.69, 9.17) is 10.5 Å². The number of aromatic nitrogens is 2. The van der Waals surface area contributed by atoms with Crippen LogP contribution in [-0.2, 0) is 9.53 Å². The third-order valence-corrected chi connectivity index (χ3v) is 4.28. The summed E-state index contributed by atoms with van der Waals surface area (Å²) in [5.41, 5.74) is 7.53. The second-order valence-corrected chi connectivity index (χ2v) is 6.23. The van der Waals surface area contributed by atoms with Gasteiger partial charge < -0.3 is 15.8 Å². The summed E-state index contributed by atoms with van der Waals surface area (Å²) in [6.07, 6.45) is 0.899. The fraction of sp³-hybridized carbons (Fsp3) is 0.412. The van der Waals surface area contributed by atoms with Gasteiger partial charge in [-0.05, 0) is 51.0 Å². The topological polar surface area (TPSA) is 82.2 Å². The van der Waals surface area contributed by atoms with Gasteiger partial charge in [-0.25, -0.2) is 9.07 Å². The van der Waals surface area contributed by atoms with Crippen LogP contribution in [0.15, 0.2) is 24.3 Å². The lowest BCUT2D eigenvalue weighted by atomic mass is 9.90. The number of amides is 1. The maximum atomic E-state index is 14.4. The smallest absolute Gasteiger partial charge is 0.244 e. The van der Waals surface area contributed by atoms with Gasteiger partial charge >= 0.3 is 0 Å². The SMILES string of the molecule is Cc1cc(C)n(-c2ccc(NC(=O)C3(N)CCOCC3)cc2F)n1.Cl. The predicted octanol–water partition coefficient (Wildman–Crippen LogP) is 2.50. The molecule has 1 aliphatic heterocycles. The number of benzene rings is 1. The number of nitrogens with one attached hydrogen (secondary N) is 1. The molecule has 0 saturated carbocycles. The van der Waals surface area contributed by atoms with Gasteiger partial charge in [-0.3, -0.25) is 4.79 Å². The van der Waals surface area contributed by atoms with Crippen LogP contribution in [0.1, 0.15) is 24.2 Å². The molecule has 1 aromatic carbocycles. The Bertz CT molecular complexity index is 772. The number of nitrogens with two attached hydrogens (primary N) is 1. The number of aryl methyl sites for hydroxylation is 2. The molecular weight excluding hydrogens is 347 g/mol. The monoisotopic (exact) mass is 368 g/mol. The van der Waals surface area contributed by atoms with Gasteiger partial charge in [0.05, 0.1) is 5.69 Å². The van der Waals surface area contributed by atoms with E-state index in [2.05, 4.69) is 10.4 Å². The standard InChI is InChI=1S/C17H21FN4O2.ClH/c1-11-9-12(2)22(21-11)15-4-3-13(10-14(15)18)20-16(23)17(19)5-7-24-8-6-17;/h3-4,9-10H,5-8,19H2,1-2H3,(H,20,23);1H. The van der Waals surface area contributed by atoms with Crippen LogP contribution in [0.3, 0.4) is 0 Å². The Hall–Kier alpha value is -1.96. The number of carbonyl (C=O) groups excluding carboxylic acids is 1. The van der Waals surface area contributed by atoms with Crippen LogP contribution in [0.5, 0.6) is 0 Å². The molecule has 136 valence electrons. The van der Waals surface area contributed by atoms with Gasteiger partial charge in [0.25, 0.3) is 0 Å². The van der Waals surface area contributed by atoms with Gasteiger partial charge in [0.1, 0.15) is 11.2 Å². The van der Waals surface area contributed by atoms with Crippen molar-refractivity contribution in [2.24, 2.45) is 5.73 Å². The minimum Gasteiger partial charge on any atom is -0.381 e. The molecule has 2 heterocycles. The van der Waals surface area contributed by atoms with E-state index in [9.17, 15) is 9.18 Å². The van der Waals surface area contributed by atoms with Gasteiger partial charge in [0, 0.05) is 24.6 Å². The molecule has 1 amide bonds. The van der Waals surface area contributed by atoms with Crippen molar-refractivity contribution in [1.29, 1.82) is 0 Å². The van der Waals surface area contributed by atoms with Crippen molar-refractivity contribution in [3.8, 4) is 5.69 Å². The lowest BCUT2D eigenvalue weighted by molar-refractivity contribution is -0.124. The van der Waals surface area contributed by atoms with Crippen LogP contribution in [0, 0.1) is 19.7 Å². The summed E-state index contributed by atoms with van der Waals surface area (Å²) in [5.74, 6) is -0.777. The molecule has 0 aliphatic carbocycles. The Morgan fingerprint density at radius 1 is 1.32 bits per heavy atom. The molecule has 1 aliphatic rings. The van der Waals surface area contributed by atoms with Gasteiger partial charge in [-0.2, -0.15) is 5.10 Å². The molecule has 0 atom stereocenters. The first-order valence-corrected chi connectivity index (χ1v) is 7.90. The Kier molecular flexibility index (Phi) is 5.82. The van der Waals surface area contributed by atoms with Crippen molar-refractivity contribution in [1.82, 2.24) is 9.78 Å². The Morgan fingerprint density at radius 2 is 2.00 bits per heavy atom. The summed E-state index contributed by atoms with van der Waals surface area (Å²) in [6.45, 7) is 4.62. The first-order chi connectivity index (χ1) is 11.4. The zero-order valence-electron chi connectivity index (χ0n) is 14.2. The summed E-state index contributed by atoms with van der Waals surface area (Å²) >= 11 is 0. The lowest BCUT2D eigenvalue weighted by Crippen LogP contribution is -2.54. The van der Waals surface area contributed by atoms with Gasteiger partial charge in [-0.15, -0.1) is 12.4 Å². The fourth-order valence-electron chi connectivity index (χ4n) is 2.85. The highest BCUT2D eigenvalue weighted by Crippen LogP contribution is 2.23. The molecule has 1 saturated heterocycles. The van der Waals surface area contributed by atoms with Crippen molar-refractivity contribution >= 4 is 24.0 Å². The normalized spacial score (nSPS) is 16.2. The average Bonchev–Trinajstić information content (AvgIpc) is 2.86. The molecular formula is C17H22ClFN4O2.